The van der Waals surface area contributed by atoms with Gasteiger partial charge in [0.1, 0.15) is 16.9 Å². The number of ether oxygens (including phenoxy) is 1. The van der Waals surface area contributed by atoms with E-state index in [1.807, 2.05) is 17.1 Å². The zero-order chi connectivity index (χ0) is 29.9. The van der Waals surface area contributed by atoms with E-state index in [1.54, 1.807) is 11.0 Å². The number of carbonyl (C=O) groups excluding carboxylic acids is 2. The van der Waals surface area contributed by atoms with Crippen molar-refractivity contribution in [2.45, 2.75) is 49.6 Å². The molecule has 1 saturated carbocycles. The highest BCUT2D eigenvalue weighted by Gasteiger charge is 2.58. The van der Waals surface area contributed by atoms with Crippen molar-refractivity contribution in [1.82, 2.24) is 20.1 Å². The van der Waals surface area contributed by atoms with E-state index in [0.29, 0.717) is 51.4 Å². The van der Waals surface area contributed by atoms with Gasteiger partial charge in [-0.15, -0.1) is 0 Å². The van der Waals surface area contributed by atoms with Gasteiger partial charge in [-0.05, 0) is 55.4 Å². The molecular weight excluding hydrogens is 585 g/mol. The molecule has 7 rings (SSSR count). The number of nitrogens with one attached hydrogen (secondary N) is 1. The predicted molar refractivity (Wildman–Crippen MR) is 152 cm³/mol. The number of halogens is 4. The van der Waals surface area contributed by atoms with E-state index in [-0.39, 0.29) is 40.3 Å². The Morgan fingerprint density at radius 2 is 1.91 bits per heavy atom. The van der Waals surface area contributed by atoms with Crippen molar-refractivity contribution in [2.75, 3.05) is 42.6 Å². The minimum absolute atomic E-state index is 0.0208. The van der Waals surface area contributed by atoms with Gasteiger partial charge in [-0.3, -0.25) is 19.3 Å². The second-order valence-corrected chi connectivity index (χ2v) is 12.4. The lowest BCUT2D eigenvalue weighted by Gasteiger charge is -2.47. The van der Waals surface area contributed by atoms with Crippen LogP contribution in [0.15, 0.2) is 42.9 Å². The third-order valence-corrected chi connectivity index (χ3v) is 9.46. The maximum absolute atomic E-state index is 14.4. The van der Waals surface area contributed by atoms with E-state index < -0.39 is 23.4 Å². The summed E-state index contributed by atoms with van der Waals surface area (Å²) in [6.45, 7) is 2.72. The van der Waals surface area contributed by atoms with Crippen molar-refractivity contribution >= 4 is 34.8 Å². The molecule has 3 fully saturated rings. The summed E-state index contributed by atoms with van der Waals surface area (Å²) >= 11 is 5.91. The van der Waals surface area contributed by atoms with Gasteiger partial charge in [0.25, 0.3) is 12.3 Å². The van der Waals surface area contributed by atoms with E-state index >= 15 is 0 Å². The molecule has 13 heteroatoms. The maximum Gasteiger partial charge on any atom is 0.281 e. The van der Waals surface area contributed by atoms with E-state index in [1.165, 1.54) is 18.2 Å². The van der Waals surface area contributed by atoms with Crippen LogP contribution in [0.25, 0.3) is 0 Å². The van der Waals surface area contributed by atoms with Gasteiger partial charge in [-0.2, -0.15) is 5.10 Å². The number of nitrogens with zero attached hydrogens (tertiary/aromatic N) is 5. The molecule has 9 nitrogen and oxygen atoms in total. The molecule has 1 aliphatic carbocycles. The molecule has 2 amide bonds. The summed E-state index contributed by atoms with van der Waals surface area (Å²) in [4.78, 5) is 34.3. The lowest BCUT2D eigenvalue weighted by Crippen LogP contribution is -2.64. The molecule has 3 aromatic rings. The number of amides is 2. The fourth-order valence-corrected chi connectivity index (χ4v) is 6.93. The van der Waals surface area contributed by atoms with Gasteiger partial charge in [0.05, 0.1) is 47.4 Å². The number of benzene rings is 1. The summed E-state index contributed by atoms with van der Waals surface area (Å²) in [5, 5.41) is 7.42. The molecule has 0 unspecified atom stereocenters. The molecule has 0 atom stereocenters. The van der Waals surface area contributed by atoms with Crippen LogP contribution < -0.4 is 15.1 Å². The molecule has 3 aliphatic heterocycles. The summed E-state index contributed by atoms with van der Waals surface area (Å²) in [5.74, 6) is -0.894. The van der Waals surface area contributed by atoms with Crippen LogP contribution in [0.4, 0.5) is 24.5 Å². The van der Waals surface area contributed by atoms with Crippen molar-refractivity contribution in [1.29, 1.82) is 0 Å². The Balaban J connectivity index is 1.00. The predicted octanol–water partition coefficient (Wildman–Crippen LogP) is 4.67. The summed E-state index contributed by atoms with van der Waals surface area (Å²) in [6, 6.07) is 5.84. The van der Waals surface area contributed by atoms with Crippen LogP contribution in [0.5, 0.6) is 0 Å². The second kappa shape index (κ2) is 10.8. The number of hydrogen-bond donors (Lipinski definition) is 1. The van der Waals surface area contributed by atoms with Gasteiger partial charge in [-0.1, -0.05) is 17.7 Å². The number of aromatic nitrogens is 3. The number of rotatable bonds is 7. The molecule has 1 spiro atoms. The van der Waals surface area contributed by atoms with Gasteiger partial charge in [0, 0.05) is 38.1 Å². The standard InChI is InChI=1S/C30H30ClF3N6O3/c31-18-7-23(26(27(33)34)35-9-18)28(41)37-20-4-1-17(2-5-20)11-39-25-8-19(32)3-6-24(25)30(29(39)42)15-38(16-30)21-10-36-40(12-21)22-13-43-14-22/h3,6-10,12,17,20,22,27H,1-2,4-5,11,13-16H2,(H,37,41)/t17-,20-. The molecule has 1 N–H and O–H groups in total. The Morgan fingerprint density at radius 1 is 1.14 bits per heavy atom. The molecule has 226 valence electrons. The Hall–Kier alpha value is -3.64. The fraction of sp³-hybridized carbons (Fsp3) is 0.467. The first-order chi connectivity index (χ1) is 20.7. The van der Waals surface area contributed by atoms with Gasteiger partial charge >= 0.3 is 0 Å². The fourth-order valence-electron chi connectivity index (χ4n) is 6.77. The number of pyridine rings is 1. The van der Waals surface area contributed by atoms with Crippen LogP contribution in [0, 0.1) is 11.7 Å². The molecule has 5 heterocycles. The average molecular weight is 615 g/mol. The molecule has 0 radical (unpaired) electrons. The zero-order valence-electron chi connectivity index (χ0n) is 23.2. The molecule has 0 bridgehead atoms. The minimum Gasteiger partial charge on any atom is -0.377 e. The second-order valence-electron chi connectivity index (χ2n) is 12.0. The van der Waals surface area contributed by atoms with Crippen molar-refractivity contribution in [2.24, 2.45) is 5.92 Å². The number of anilines is 2. The number of alkyl halides is 2. The largest absolute Gasteiger partial charge is 0.377 e. The van der Waals surface area contributed by atoms with Gasteiger partial charge < -0.3 is 19.9 Å². The number of fused-ring (bicyclic) bond motifs is 2. The molecule has 43 heavy (non-hydrogen) atoms. The van der Waals surface area contributed by atoms with Crippen LogP contribution in [-0.2, 0) is 14.9 Å². The molecular formula is C30H30ClF3N6O3. The highest BCUT2D eigenvalue weighted by Crippen LogP contribution is 2.49. The summed E-state index contributed by atoms with van der Waals surface area (Å²) in [7, 11) is 0. The third kappa shape index (κ3) is 4.94. The maximum atomic E-state index is 14.4. The van der Waals surface area contributed by atoms with E-state index in [0.717, 1.165) is 30.3 Å². The van der Waals surface area contributed by atoms with Crippen LogP contribution >= 0.6 is 11.6 Å². The SMILES string of the molecule is O=C(N[C@H]1CC[C@H](CN2C(=O)C3(CN(c4cnn(C5COC5)c4)C3)c3ccc(F)cc32)CC1)c1cc(Cl)cnc1C(F)F. The molecule has 4 aliphatic rings. The smallest absolute Gasteiger partial charge is 0.281 e. The van der Waals surface area contributed by atoms with E-state index in [9.17, 15) is 22.8 Å². The van der Waals surface area contributed by atoms with Crippen LogP contribution in [0.1, 0.15) is 59.8 Å². The third-order valence-electron chi connectivity index (χ3n) is 9.25. The topological polar surface area (TPSA) is 92.6 Å². The highest BCUT2D eigenvalue weighted by atomic mass is 35.5. The first-order valence-electron chi connectivity index (χ1n) is 14.4. The first-order valence-corrected chi connectivity index (χ1v) is 14.8. The normalized spacial score (nSPS) is 23.0. The average Bonchev–Trinajstić information content (AvgIpc) is 3.48. The summed E-state index contributed by atoms with van der Waals surface area (Å²) < 4.78 is 48.4. The summed E-state index contributed by atoms with van der Waals surface area (Å²) in [6.07, 6.45) is 4.68. The number of hydrogen-bond acceptors (Lipinski definition) is 6. The Bertz CT molecular complexity index is 1570. The van der Waals surface area contributed by atoms with Crippen LogP contribution in [0.3, 0.4) is 0 Å². The van der Waals surface area contributed by atoms with E-state index in [4.69, 9.17) is 16.3 Å². The lowest BCUT2D eigenvalue weighted by atomic mass is 9.74. The Morgan fingerprint density at radius 3 is 2.60 bits per heavy atom. The Labute approximate surface area is 250 Å². The van der Waals surface area contributed by atoms with Gasteiger partial charge in [0.2, 0.25) is 5.91 Å². The first kappa shape index (κ1) is 28.1. The molecule has 2 aromatic heterocycles. The van der Waals surface area contributed by atoms with Gasteiger partial charge in [-0.25, -0.2) is 13.2 Å². The van der Waals surface area contributed by atoms with Gasteiger partial charge in [0.15, 0.2) is 0 Å². The van der Waals surface area contributed by atoms with Crippen LogP contribution in [0.2, 0.25) is 5.02 Å². The molecule has 2 saturated heterocycles. The minimum atomic E-state index is -2.90. The van der Waals surface area contributed by atoms with Crippen LogP contribution in [-0.4, -0.2) is 65.5 Å². The number of carbonyl (C=O) groups is 2. The van der Waals surface area contributed by atoms with Crippen molar-refractivity contribution in [3.05, 3.63) is 70.5 Å². The molecule has 1 aromatic carbocycles. The quantitative estimate of drug-likeness (QED) is 0.416. The monoisotopic (exact) mass is 614 g/mol. The lowest BCUT2D eigenvalue weighted by molar-refractivity contribution is -0.124. The highest BCUT2D eigenvalue weighted by molar-refractivity contribution is 6.30. The van der Waals surface area contributed by atoms with Crippen molar-refractivity contribution < 1.29 is 27.5 Å². The van der Waals surface area contributed by atoms with Crippen molar-refractivity contribution in [3.63, 3.8) is 0 Å². The summed E-state index contributed by atoms with van der Waals surface area (Å²) in [5.41, 5.74) is 0.858. The Kier molecular flexibility index (Phi) is 7.08. The van der Waals surface area contributed by atoms with E-state index in [2.05, 4.69) is 20.3 Å². The zero-order valence-corrected chi connectivity index (χ0v) is 23.9. The van der Waals surface area contributed by atoms with Crippen molar-refractivity contribution in [3.8, 4) is 0 Å².